The molecule has 2 aliphatic heterocycles. The van der Waals surface area contributed by atoms with E-state index in [0.29, 0.717) is 24.0 Å². The molecule has 6 rings (SSSR count). The zero-order valence-electron chi connectivity index (χ0n) is 19.8. The van der Waals surface area contributed by atoms with Gasteiger partial charge >= 0.3 is 0 Å². The first-order valence-electron chi connectivity index (χ1n) is 11.9. The largest absolute Gasteiger partial charge is 0.307 e. The number of para-hydroxylation sites is 1. The summed E-state index contributed by atoms with van der Waals surface area (Å²) in [6.45, 7) is 1.49. The lowest BCUT2D eigenvalue weighted by molar-refractivity contribution is -0.124. The summed E-state index contributed by atoms with van der Waals surface area (Å²) in [5.41, 5.74) is 2.93. The van der Waals surface area contributed by atoms with Gasteiger partial charge in [-0.25, -0.2) is 8.78 Å². The van der Waals surface area contributed by atoms with Crippen LogP contribution in [0.5, 0.6) is 0 Å². The third kappa shape index (κ3) is 3.37. The molecule has 0 N–H and O–H groups in total. The quantitative estimate of drug-likeness (QED) is 0.420. The smallest absolute Gasteiger partial charge is 0.238 e. The number of anilines is 1. The Bertz CT molecular complexity index is 1450. The molecule has 4 aromatic rings. The summed E-state index contributed by atoms with van der Waals surface area (Å²) in [7, 11) is 3.87. The van der Waals surface area contributed by atoms with Crippen LogP contribution in [0.2, 0.25) is 0 Å². The Hall–Kier alpha value is -3.58. The van der Waals surface area contributed by atoms with Gasteiger partial charge in [-0.2, -0.15) is 5.10 Å². The van der Waals surface area contributed by atoms with E-state index in [2.05, 4.69) is 10.00 Å². The average Bonchev–Trinajstić information content (AvgIpc) is 3.33. The van der Waals surface area contributed by atoms with Gasteiger partial charge in [0.05, 0.1) is 17.5 Å². The molecule has 0 unspecified atom stereocenters. The molecule has 3 heterocycles. The second-order valence-electron chi connectivity index (χ2n) is 9.75. The van der Waals surface area contributed by atoms with Gasteiger partial charge in [-0.1, -0.05) is 30.3 Å². The van der Waals surface area contributed by atoms with Gasteiger partial charge in [-0.3, -0.25) is 9.48 Å². The molecule has 35 heavy (non-hydrogen) atoms. The predicted molar refractivity (Wildman–Crippen MR) is 132 cm³/mol. The number of amides is 1. The zero-order chi connectivity index (χ0) is 24.3. The highest BCUT2D eigenvalue weighted by atomic mass is 19.1. The van der Waals surface area contributed by atoms with Crippen molar-refractivity contribution in [3.63, 3.8) is 0 Å². The third-order valence-corrected chi connectivity index (χ3v) is 7.64. The molecular formula is C28H26F2N4O. The minimum Gasteiger partial charge on any atom is -0.307 e. The lowest BCUT2D eigenvalue weighted by Gasteiger charge is -2.36. The molecule has 2 aliphatic rings. The van der Waals surface area contributed by atoms with Crippen molar-refractivity contribution in [2.45, 2.75) is 24.8 Å². The lowest BCUT2D eigenvalue weighted by atomic mass is 9.74. The third-order valence-electron chi connectivity index (χ3n) is 7.64. The summed E-state index contributed by atoms with van der Waals surface area (Å²) < 4.78 is 32.6. The van der Waals surface area contributed by atoms with Crippen LogP contribution in [0.15, 0.2) is 60.8 Å². The number of halogens is 2. The summed E-state index contributed by atoms with van der Waals surface area (Å²) in [5.74, 6) is -1.37. The van der Waals surface area contributed by atoms with Gasteiger partial charge in [0.2, 0.25) is 5.91 Å². The zero-order valence-corrected chi connectivity index (χ0v) is 19.8. The van der Waals surface area contributed by atoms with Crippen molar-refractivity contribution in [3.05, 3.63) is 83.6 Å². The number of benzene rings is 3. The molecule has 1 saturated heterocycles. The highest BCUT2D eigenvalue weighted by Crippen LogP contribution is 2.48. The Balaban J connectivity index is 1.38. The van der Waals surface area contributed by atoms with Crippen LogP contribution in [0.3, 0.4) is 0 Å². The van der Waals surface area contributed by atoms with Crippen LogP contribution >= 0.6 is 0 Å². The topological polar surface area (TPSA) is 41.4 Å². The normalized spacial score (nSPS) is 17.5. The van der Waals surface area contributed by atoms with Gasteiger partial charge in [0.25, 0.3) is 0 Å². The fourth-order valence-electron chi connectivity index (χ4n) is 5.72. The summed E-state index contributed by atoms with van der Waals surface area (Å²) in [4.78, 5) is 17.5. The minimum absolute atomic E-state index is 0.0604. The number of hydrogen-bond donors (Lipinski definition) is 0. The lowest BCUT2D eigenvalue weighted by Crippen LogP contribution is -2.47. The fraction of sp³-hybridized carbons (Fsp3) is 0.286. The molecule has 0 bridgehead atoms. The van der Waals surface area contributed by atoms with Crippen molar-refractivity contribution in [2.75, 3.05) is 25.0 Å². The Morgan fingerprint density at radius 3 is 2.43 bits per heavy atom. The summed E-state index contributed by atoms with van der Waals surface area (Å²) in [6.07, 6.45) is 3.25. The summed E-state index contributed by atoms with van der Waals surface area (Å²) in [6, 6.07) is 15.9. The maximum atomic E-state index is 15.4. The summed E-state index contributed by atoms with van der Waals surface area (Å²) in [5, 5.41) is 5.22. The molecule has 0 radical (unpaired) electrons. The predicted octanol–water partition coefficient (Wildman–Crippen LogP) is 5.03. The van der Waals surface area contributed by atoms with E-state index in [1.165, 1.54) is 12.1 Å². The molecule has 0 atom stereocenters. The monoisotopic (exact) mass is 472 g/mol. The van der Waals surface area contributed by atoms with Gasteiger partial charge < -0.3 is 9.80 Å². The number of likely N-dealkylation sites (tertiary alicyclic amines) is 1. The van der Waals surface area contributed by atoms with Crippen LogP contribution in [0.4, 0.5) is 14.5 Å². The van der Waals surface area contributed by atoms with E-state index < -0.39 is 17.0 Å². The highest BCUT2D eigenvalue weighted by Gasteiger charge is 2.51. The van der Waals surface area contributed by atoms with Crippen LogP contribution in [-0.4, -0.2) is 40.7 Å². The van der Waals surface area contributed by atoms with Gasteiger partial charge in [-0.05, 0) is 73.9 Å². The number of aromatic nitrogens is 2. The molecule has 1 aromatic heterocycles. The molecule has 5 nitrogen and oxygen atoms in total. The number of aryl methyl sites for hydroxylation is 1. The first-order chi connectivity index (χ1) is 16.9. The molecule has 1 amide bonds. The van der Waals surface area contributed by atoms with Crippen LogP contribution in [-0.2, 0) is 23.8 Å². The standard InChI is InChI=1S/C28H26F2N4O/c1-32-12-10-28(11-13-32)22-7-3-4-9-26(22)34(27(28)35)17-21-23(29)14-18(15-24(21)30)19-6-5-8-25-20(19)16-33(2)31-25/h3-9,14-16H,10-13,17H2,1-2H3. The number of fused-ring (bicyclic) bond motifs is 3. The van der Waals surface area contributed by atoms with E-state index in [0.717, 1.165) is 35.2 Å². The molecule has 7 heteroatoms. The Morgan fingerprint density at radius 1 is 0.971 bits per heavy atom. The molecular weight excluding hydrogens is 446 g/mol. The molecule has 3 aromatic carbocycles. The SMILES string of the molecule is CN1CCC2(CC1)C(=O)N(Cc1c(F)cc(-c3cccc4nn(C)cc34)cc1F)c1ccccc12. The van der Waals surface area contributed by atoms with Crippen LogP contribution in [0.25, 0.3) is 22.0 Å². The van der Waals surface area contributed by atoms with Crippen LogP contribution in [0.1, 0.15) is 24.0 Å². The molecule has 0 aliphatic carbocycles. The van der Waals surface area contributed by atoms with Crippen LogP contribution < -0.4 is 4.90 Å². The highest BCUT2D eigenvalue weighted by molar-refractivity contribution is 6.08. The van der Waals surface area contributed by atoms with Gasteiger partial charge in [-0.15, -0.1) is 0 Å². The summed E-state index contributed by atoms with van der Waals surface area (Å²) >= 11 is 0. The van der Waals surface area contributed by atoms with Crippen molar-refractivity contribution in [1.29, 1.82) is 0 Å². The van der Waals surface area contributed by atoms with E-state index >= 15 is 8.78 Å². The Kier molecular flexibility index (Phi) is 5.00. The second kappa shape index (κ2) is 7.99. The second-order valence-corrected chi connectivity index (χ2v) is 9.75. The van der Waals surface area contributed by atoms with Crippen molar-refractivity contribution in [2.24, 2.45) is 7.05 Å². The van der Waals surface area contributed by atoms with Crippen molar-refractivity contribution in [1.82, 2.24) is 14.7 Å². The van der Waals surface area contributed by atoms with Crippen molar-refractivity contribution in [3.8, 4) is 11.1 Å². The molecule has 0 saturated carbocycles. The number of nitrogens with zero attached hydrogens (tertiary/aromatic N) is 4. The number of carbonyl (C=O) groups excluding carboxylic acids is 1. The number of rotatable bonds is 3. The van der Waals surface area contributed by atoms with E-state index in [1.807, 2.05) is 62.8 Å². The van der Waals surface area contributed by atoms with E-state index in [1.54, 1.807) is 9.58 Å². The molecule has 1 fully saturated rings. The molecule has 178 valence electrons. The van der Waals surface area contributed by atoms with Gasteiger partial charge in [0.1, 0.15) is 11.6 Å². The van der Waals surface area contributed by atoms with Crippen molar-refractivity contribution >= 4 is 22.5 Å². The van der Waals surface area contributed by atoms with E-state index in [-0.39, 0.29) is 18.0 Å². The van der Waals surface area contributed by atoms with E-state index in [9.17, 15) is 4.79 Å². The Morgan fingerprint density at radius 2 is 1.69 bits per heavy atom. The molecule has 1 spiro atoms. The Labute approximate surface area is 202 Å². The maximum Gasteiger partial charge on any atom is 0.238 e. The van der Waals surface area contributed by atoms with Crippen LogP contribution in [0, 0.1) is 11.6 Å². The number of hydrogen-bond acceptors (Lipinski definition) is 3. The first kappa shape index (κ1) is 21.9. The maximum absolute atomic E-state index is 15.4. The van der Waals surface area contributed by atoms with Gasteiger partial charge in [0.15, 0.2) is 0 Å². The van der Waals surface area contributed by atoms with Gasteiger partial charge in [0, 0.05) is 29.9 Å². The number of piperidine rings is 1. The first-order valence-corrected chi connectivity index (χ1v) is 11.9. The number of carbonyl (C=O) groups is 1. The average molecular weight is 473 g/mol. The fourth-order valence-corrected chi connectivity index (χ4v) is 5.72. The minimum atomic E-state index is -0.657. The van der Waals surface area contributed by atoms with E-state index in [4.69, 9.17) is 0 Å². The van der Waals surface area contributed by atoms with Crippen molar-refractivity contribution < 1.29 is 13.6 Å².